The van der Waals surface area contributed by atoms with Crippen molar-refractivity contribution in [2.45, 2.75) is 25.3 Å². The van der Waals surface area contributed by atoms with E-state index >= 15 is 0 Å². The summed E-state index contributed by atoms with van der Waals surface area (Å²) in [7, 11) is 0. The number of hydrogen-bond donors (Lipinski definition) is 2. The Kier molecular flexibility index (Phi) is 3.66. The van der Waals surface area contributed by atoms with Crippen molar-refractivity contribution < 1.29 is 14.4 Å². The number of amides is 3. The fraction of sp³-hybridized carbons (Fsp3) is 0.333. The maximum Gasteiger partial charge on any atom is 0.249 e. The quantitative estimate of drug-likeness (QED) is 0.708. The van der Waals surface area contributed by atoms with Crippen LogP contribution in [0, 0.1) is 0 Å². The molecule has 1 aliphatic heterocycles. The molecule has 1 aromatic rings. The normalized spacial score (nSPS) is 19.2. The van der Waals surface area contributed by atoms with Crippen LogP contribution in [-0.2, 0) is 20.8 Å². The predicted octanol–water partition coefficient (Wildman–Crippen LogP) is -0.455. The average Bonchev–Trinajstić information content (AvgIpc) is 2.34. The molecular weight excluding hydrogens is 234 g/mol. The lowest BCUT2D eigenvalue weighted by Crippen LogP contribution is -2.52. The molecule has 0 aromatic carbocycles. The third-order valence-corrected chi connectivity index (χ3v) is 2.66. The van der Waals surface area contributed by atoms with Gasteiger partial charge in [-0.2, -0.15) is 0 Å². The van der Waals surface area contributed by atoms with Crippen LogP contribution >= 0.6 is 0 Å². The van der Waals surface area contributed by atoms with Crippen molar-refractivity contribution in [3.63, 3.8) is 0 Å². The van der Waals surface area contributed by atoms with Gasteiger partial charge < -0.3 is 5.32 Å². The van der Waals surface area contributed by atoms with E-state index in [-0.39, 0.29) is 24.7 Å². The third kappa shape index (κ3) is 3.13. The number of pyridine rings is 1. The first-order chi connectivity index (χ1) is 8.65. The van der Waals surface area contributed by atoms with Gasteiger partial charge in [0.15, 0.2) is 0 Å². The fourth-order valence-electron chi connectivity index (χ4n) is 1.76. The van der Waals surface area contributed by atoms with Crippen molar-refractivity contribution in [3.05, 3.63) is 30.1 Å². The van der Waals surface area contributed by atoms with Gasteiger partial charge in [-0.15, -0.1) is 0 Å². The fourth-order valence-corrected chi connectivity index (χ4v) is 1.76. The highest BCUT2D eigenvalue weighted by Gasteiger charge is 2.27. The smallest absolute Gasteiger partial charge is 0.249 e. The summed E-state index contributed by atoms with van der Waals surface area (Å²) < 4.78 is 0. The molecule has 0 bridgehead atoms. The number of rotatable bonds is 3. The topological polar surface area (TPSA) is 88.2 Å². The van der Waals surface area contributed by atoms with Crippen LogP contribution < -0.4 is 10.6 Å². The van der Waals surface area contributed by atoms with Crippen molar-refractivity contribution in [3.8, 4) is 0 Å². The summed E-state index contributed by atoms with van der Waals surface area (Å²) in [5.41, 5.74) is 0.780. The van der Waals surface area contributed by atoms with Crippen LogP contribution in [0.1, 0.15) is 18.4 Å². The lowest BCUT2D eigenvalue weighted by Gasteiger charge is -2.21. The molecular formula is C12H13N3O3. The van der Waals surface area contributed by atoms with Crippen LogP contribution in [0.5, 0.6) is 0 Å². The number of nitrogens with one attached hydrogen (secondary N) is 2. The molecule has 2 rings (SSSR count). The van der Waals surface area contributed by atoms with Crippen LogP contribution in [0.2, 0.25) is 0 Å². The molecule has 3 amide bonds. The number of imide groups is 1. The molecule has 2 heterocycles. The molecule has 1 atom stereocenters. The predicted molar refractivity (Wildman–Crippen MR) is 62.3 cm³/mol. The van der Waals surface area contributed by atoms with Gasteiger partial charge >= 0.3 is 0 Å². The molecule has 1 aromatic heterocycles. The monoisotopic (exact) mass is 247 g/mol. The number of carbonyl (C=O) groups excluding carboxylic acids is 3. The summed E-state index contributed by atoms with van der Waals surface area (Å²) >= 11 is 0. The van der Waals surface area contributed by atoms with Crippen LogP contribution in [0.25, 0.3) is 0 Å². The van der Waals surface area contributed by atoms with Gasteiger partial charge in [-0.25, -0.2) is 0 Å². The second kappa shape index (κ2) is 5.39. The SMILES string of the molecule is O=C1CC[C@@H](NC(=O)Cc2cccnc2)C(=O)N1. The zero-order valence-electron chi connectivity index (χ0n) is 9.68. The van der Waals surface area contributed by atoms with Gasteiger partial charge in [0.2, 0.25) is 17.7 Å². The van der Waals surface area contributed by atoms with Crippen LogP contribution in [-0.4, -0.2) is 28.7 Å². The molecule has 0 unspecified atom stereocenters. The highest BCUT2D eigenvalue weighted by atomic mass is 16.2. The zero-order chi connectivity index (χ0) is 13.0. The Labute approximate surface area is 104 Å². The lowest BCUT2D eigenvalue weighted by molar-refractivity contribution is -0.137. The Morgan fingerprint density at radius 3 is 3.00 bits per heavy atom. The number of hydrogen-bond acceptors (Lipinski definition) is 4. The van der Waals surface area contributed by atoms with E-state index in [9.17, 15) is 14.4 Å². The van der Waals surface area contributed by atoms with Crippen molar-refractivity contribution >= 4 is 17.7 Å². The summed E-state index contributed by atoms with van der Waals surface area (Å²) in [6.07, 6.45) is 4.00. The Balaban J connectivity index is 1.88. The second-order valence-electron chi connectivity index (χ2n) is 4.11. The summed E-state index contributed by atoms with van der Waals surface area (Å²) in [5.74, 6) is -0.985. The van der Waals surface area contributed by atoms with E-state index in [0.29, 0.717) is 6.42 Å². The summed E-state index contributed by atoms with van der Waals surface area (Å²) in [6.45, 7) is 0. The Morgan fingerprint density at radius 2 is 2.33 bits per heavy atom. The average molecular weight is 247 g/mol. The van der Waals surface area contributed by atoms with Gasteiger partial charge in [0.1, 0.15) is 6.04 Å². The van der Waals surface area contributed by atoms with Gasteiger partial charge in [-0.1, -0.05) is 6.07 Å². The van der Waals surface area contributed by atoms with E-state index in [1.54, 1.807) is 24.5 Å². The summed E-state index contributed by atoms with van der Waals surface area (Å²) in [5, 5.41) is 4.80. The zero-order valence-corrected chi connectivity index (χ0v) is 9.68. The number of aromatic nitrogens is 1. The minimum absolute atomic E-state index is 0.172. The molecule has 6 nitrogen and oxygen atoms in total. The van der Waals surface area contributed by atoms with E-state index in [4.69, 9.17) is 0 Å². The van der Waals surface area contributed by atoms with E-state index < -0.39 is 11.9 Å². The van der Waals surface area contributed by atoms with Gasteiger partial charge in [-0.05, 0) is 18.1 Å². The van der Waals surface area contributed by atoms with Crippen molar-refractivity contribution in [2.75, 3.05) is 0 Å². The minimum Gasteiger partial charge on any atom is -0.344 e. The van der Waals surface area contributed by atoms with Gasteiger partial charge in [0.05, 0.1) is 6.42 Å². The Bertz CT molecular complexity index is 473. The first-order valence-electron chi connectivity index (χ1n) is 5.67. The number of piperidine rings is 1. The summed E-state index contributed by atoms with van der Waals surface area (Å²) in [6, 6.07) is 2.91. The van der Waals surface area contributed by atoms with E-state index in [1.165, 1.54) is 0 Å². The molecule has 0 aliphatic carbocycles. The molecule has 6 heteroatoms. The van der Waals surface area contributed by atoms with E-state index in [0.717, 1.165) is 5.56 Å². The third-order valence-electron chi connectivity index (χ3n) is 2.66. The van der Waals surface area contributed by atoms with Gasteiger partial charge in [-0.3, -0.25) is 24.7 Å². The molecule has 2 N–H and O–H groups in total. The van der Waals surface area contributed by atoms with Crippen LogP contribution in [0.4, 0.5) is 0 Å². The molecule has 1 saturated heterocycles. The first kappa shape index (κ1) is 12.2. The molecule has 0 saturated carbocycles. The molecule has 18 heavy (non-hydrogen) atoms. The highest BCUT2D eigenvalue weighted by Crippen LogP contribution is 2.05. The standard InChI is InChI=1S/C12H13N3O3/c16-10-4-3-9(12(18)15-10)14-11(17)6-8-2-1-5-13-7-8/h1-2,5,7,9H,3-4,6H2,(H,14,17)(H,15,16,18)/t9-/m1/s1. The Morgan fingerprint density at radius 1 is 1.50 bits per heavy atom. The van der Waals surface area contributed by atoms with E-state index in [2.05, 4.69) is 15.6 Å². The largest absolute Gasteiger partial charge is 0.344 e. The van der Waals surface area contributed by atoms with Crippen molar-refractivity contribution in [1.29, 1.82) is 0 Å². The highest BCUT2D eigenvalue weighted by molar-refractivity contribution is 6.01. The minimum atomic E-state index is -0.619. The first-order valence-corrected chi connectivity index (χ1v) is 5.67. The molecule has 1 aliphatic rings. The number of nitrogens with zero attached hydrogens (tertiary/aromatic N) is 1. The molecule has 0 radical (unpaired) electrons. The second-order valence-corrected chi connectivity index (χ2v) is 4.11. The molecule has 0 spiro atoms. The van der Waals surface area contributed by atoms with Gasteiger partial charge in [0.25, 0.3) is 0 Å². The van der Waals surface area contributed by atoms with Crippen molar-refractivity contribution in [1.82, 2.24) is 15.6 Å². The number of carbonyl (C=O) groups is 3. The lowest BCUT2D eigenvalue weighted by atomic mass is 10.1. The molecule has 94 valence electrons. The Hall–Kier alpha value is -2.24. The van der Waals surface area contributed by atoms with Crippen LogP contribution in [0.15, 0.2) is 24.5 Å². The van der Waals surface area contributed by atoms with Gasteiger partial charge in [0, 0.05) is 18.8 Å². The molecule has 1 fully saturated rings. The maximum absolute atomic E-state index is 11.7. The summed E-state index contributed by atoms with van der Waals surface area (Å²) in [4.78, 5) is 38.0. The van der Waals surface area contributed by atoms with Crippen LogP contribution in [0.3, 0.4) is 0 Å². The van der Waals surface area contributed by atoms with Crippen molar-refractivity contribution in [2.24, 2.45) is 0 Å². The maximum atomic E-state index is 11.7. The van der Waals surface area contributed by atoms with E-state index in [1.807, 2.05) is 0 Å².